The lowest BCUT2D eigenvalue weighted by molar-refractivity contribution is 0.373. The van der Waals surface area contributed by atoms with Crippen LogP contribution in [0, 0.1) is 5.92 Å². The zero-order chi connectivity index (χ0) is 16.9. The van der Waals surface area contributed by atoms with Crippen molar-refractivity contribution in [3.8, 4) is 10.4 Å². The van der Waals surface area contributed by atoms with Gasteiger partial charge in [-0.3, -0.25) is 4.98 Å². The van der Waals surface area contributed by atoms with E-state index in [1.54, 1.807) is 17.5 Å². The van der Waals surface area contributed by atoms with Crippen LogP contribution >= 0.6 is 11.3 Å². The predicted molar refractivity (Wildman–Crippen MR) is 102 cm³/mol. The molecule has 0 spiro atoms. The fourth-order valence-electron chi connectivity index (χ4n) is 3.14. The highest BCUT2D eigenvalue weighted by Crippen LogP contribution is 2.30. The zero-order valence-corrected chi connectivity index (χ0v) is 14.8. The molecule has 5 nitrogen and oxygen atoms in total. The van der Waals surface area contributed by atoms with Gasteiger partial charge in [0.05, 0.1) is 16.8 Å². The summed E-state index contributed by atoms with van der Waals surface area (Å²) in [4.78, 5) is 14.7. The maximum Gasteiger partial charge on any atom is 0.188 e. The SMILES string of the molecule is c1ccc(-c2cnc(Nc3cncc(CC4CCCNC4)n3)s2)cc1. The summed E-state index contributed by atoms with van der Waals surface area (Å²) in [6.07, 6.45) is 9.01. The molecule has 4 rings (SSSR count). The Balaban J connectivity index is 1.44. The number of aromatic nitrogens is 3. The summed E-state index contributed by atoms with van der Waals surface area (Å²) >= 11 is 1.62. The van der Waals surface area contributed by atoms with Gasteiger partial charge in [0.1, 0.15) is 0 Å². The number of nitrogens with one attached hydrogen (secondary N) is 2. The monoisotopic (exact) mass is 351 g/mol. The van der Waals surface area contributed by atoms with Gasteiger partial charge in [0.15, 0.2) is 10.9 Å². The molecule has 3 aromatic rings. The fraction of sp³-hybridized carbons (Fsp3) is 0.316. The van der Waals surface area contributed by atoms with Gasteiger partial charge in [-0.15, -0.1) is 0 Å². The molecule has 1 aliphatic heterocycles. The maximum absolute atomic E-state index is 4.71. The van der Waals surface area contributed by atoms with E-state index < -0.39 is 0 Å². The van der Waals surface area contributed by atoms with E-state index in [1.165, 1.54) is 18.4 Å². The van der Waals surface area contributed by atoms with Gasteiger partial charge < -0.3 is 10.6 Å². The number of rotatable bonds is 5. The first-order valence-corrected chi connectivity index (χ1v) is 9.48. The van der Waals surface area contributed by atoms with Crippen LogP contribution in [0.2, 0.25) is 0 Å². The number of benzene rings is 1. The van der Waals surface area contributed by atoms with Crippen LogP contribution in [-0.2, 0) is 6.42 Å². The summed E-state index contributed by atoms with van der Waals surface area (Å²) in [5.41, 5.74) is 2.22. The number of anilines is 2. The van der Waals surface area contributed by atoms with Crippen LogP contribution < -0.4 is 10.6 Å². The summed E-state index contributed by atoms with van der Waals surface area (Å²) in [5, 5.41) is 7.58. The first-order chi connectivity index (χ1) is 12.4. The van der Waals surface area contributed by atoms with E-state index in [0.717, 1.165) is 41.0 Å². The molecule has 0 radical (unpaired) electrons. The Labute approximate surface area is 151 Å². The van der Waals surface area contributed by atoms with Gasteiger partial charge in [0, 0.05) is 12.4 Å². The third-order valence-corrected chi connectivity index (χ3v) is 5.34. The number of hydrogen-bond acceptors (Lipinski definition) is 6. The molecule has 128 valence electrons. The predicted octanol–water partition coefficient (Wildman–Crippen LogP) is 3.89. The summed E-state index contributed by atoms with van der Waals surface area (Å²) < 4.78 is 0. The van der Waals surface area contributed by atoms with Gasteiger partial charge in [-0.05, 0) is 43.8 Å². The number of thiazole rings is 1. The average Bonchev–Trinajstić information content (AvgIpc) is 3.12. The molecule has 1 atom stereocenters. The van der Waals surface area contributed by atoms with Crippen LogP contribution in [0.5, 0.6) is 0 Å². The molecular weight excluding hydrogens is 330 g/mol. The van der Waals surface area contributed by atoms with Crippen LogP contribution in [0.1, 0.15) is 18.5 Å². The van der Waals surface area contributed by atoms with Crippen molar-refractivity contribution < 1.29 is 0 Å². The van der Waals surface area contributed by atoms with Crippen LogP contribution in [0.4, 0.5) is 10.9 Å². The van der Waals surface area contributed by atoms with Crippen molar-refractivity contribution in [2.75, 3.05) is 18.4 Å². The summed E-state index contributed by atoms with van der Waals surface area (Å²) in [6, 6.07) is 10.3. The third kappa shape index (κ3) is 4.21. The lowest BCUT2D eigenvalue weighted by atomic mass is 9.95. The third-order valence-electron chi connectivity index (χ3n) is 4.38. The Morgan fingerprint density at radius 3 is 2.92 bits per heavy atom. The molecule has 0 aliphatic carbocycles. The quantitative estimate of drug-likeness (QED) is 0.730. The van der Waals surface area contributed by atoms with Crippen LogP contribution in [-0.4, -0.2) is 28.0 Å². The molecule has 0 bridgehead atoms. The number of hydrogen-bond donors (Lipinski definition) is 2. The Morgan fingerprint density at radius 2 is 2.08 bits per heavy atom. The largest absolute Gasteiger partial charge is 0.316 e. The average molecular weight is 351 g/mol. The molecule has 3 heterocycles. The first-order valence-electron chi connectivity index (χ1n) is 8.67. The highest BCUT2D eigenvalue weighted by Gasteiger charge is 2.14. The number of nitrogens with zero attached hydrogens (tertiary/aromatic N) is 3. The molecule has 2 N–H and O–H groups in total. The van der Waals surface area contributed by atoms with E-state index in [1.807, 2.05) is 30.6 Å². The van der Waals surface area contributed by atoms with Crippen molar-refractivity contribution in [2.45, 2.75) is 19.3 Å². The molecule has 1 aliphatic rings. The van der Waals surface area contributed by atoms with E-state index in [-0.39, 0.29) is 0 Å². The van der Waals surface area contributed by atoms with Crippen LogP contribution in [0.15, 0.2) is 48.9 Å². The van der Waals surface area contributed by atoms with E-state index >= 15 is 0 Å². The lowest BCUT2D eigenvalue weighted by Crippen LogP contribution is -2.31. The van der Waals surface area contributed by atoms with Crippen molar-refractivity contribution in [3.63, 3.8) is 0 Å². The maximum atomic E-state index is 4.71. The van der Waals surface area contributed by atoms with Crippen molar-refractivity contribution in [1.29, 1.82) is 0 Å². The lowest BCUT2D eigenvalue weighted by Gasteiger charge is -2.22. The molecule has 2 aromatic heterocycles. The van der Waals surface area contributed by atoms with E-state index in [2.05, 4.69) is 32.7 Å². The van der Waals surface area contributed by atoms with Gasteiger partial charge >= 0.3 is 0 Å². The van der Waals surface area contributed by atoms with Crippen molar-refractivity contribution >= 4 is 22.3 Å². The first kappa shape index (κ1) is 16.2. The Kier molecular flexibility index (Phi) is 4.99. The second-order valence-corrected chi connectivity index (χ2v) is 7.36. The van der Waals surface area contributed by atoms with Gasteiger partial charge in [0.2, 0.25) is 0 Å². The highest BCUT2D eigenvalue weighted by molar-refractivity contribution is 7.18. The Bertz CT molecular complexity index is 811. The minimum Gasteiger partial charge on any atom is -0.316 e. The summed E-state index contributed by atoms with van der Waals surface area (Å²) in [7, 11) is 0. The van der Waals surface area contributed by atoms with Gasteiger partial charge in [-0.2, -0.15) is 0 Å². The minimum atomic E-state index is 0.655. The summed E-state index contributed by atoms with van der Waals surface area (Å²) in [6.45, 7) is 2.21. The van der Waals surface area contributed by atoms with Crippen molar-refractivity contribution in [2.24, 2.45) is 5.92 Å². The van der Waals surface area contributed by atoms with Crippen molar-refractivity contribution in [1.82, 2.24) is 20.3 Å². The zero-order valence-electron chi connectivity index (χ0n) is 14.0. The Hall–Kier alpha value is -2.31. The normalized spacial score (nSPS) is 17.4. The van der Waals surface area contributed by atoms with Gasteiger partial charge in [-0.1, -0.05) is 41.7 Å². The number of piperidine rings is 1. The molecule has 1 aromatic carbocycles. The molecular formula is C19H21N5S. The van der Waals surface area contributed by atoms with Crippen LogP contribution in [0.25, 0.3) is 10.4 Å². The second kappa shape index (κ2) is 7.72. The molecule has 25 heavy (non-hydrogen) atoms. The molecule has 6 heteroatoms. The standard InChI is InChI=1S/C19H21N5S/c1-2-6-15(7-3-1)17-12-22-19(25-17)24-18-13-21-11-16(23-18)9-14-5-4-8-20-10-14/h1-3,6-7,11-14,20H,4-5,8-10H2,(H,22,23,24). The van der Waals surface area contributed by atoms with E-state index in [4.69, 9.17) is 4.98 Å². The topological polar surface area (TPSA) is 62.7 Å². The van der Waals surface area contributed by atoms with Crippen molar-refractivity contribution in [3.05, 3.63) is 54.6 Å². The molecule has 0 saturated carbocycles. The molecule has 1 unspecified atom stereocenters. The molecule has 1 saturated heterocycles. The van der Waals surface area contributed by atoms with E-state index in [9.17, 15) is 0 Å². The smallest absolute Gasteiger partial charge is 0.188 e. The highest BCUT2D eigenvalue weighted by atomic mass is 32.1. The minimum absolute atomic E-state index is 0.655. The van der Waals surface area contributed by atoms with Gasteiger partial charge in [-0.25, -0.2) is 9.97 Å². The van der Waals surface area contributed by atoms with Gasteiger partial charge in [0.25, 0.3) is 0 Å². The molecule has 1 fully saturated rings. The summed E-state index contributed by atoms with van der Waals surface area (Å²) in [5.74, 6) is 1.41. The van der Waals surface area contributed by atoms with E-state index in [0.29, 0.717) is 5.92 Å². The molecule has 0 amide bonds. The second-order valence-electron chi connectivity index (χ2n) is 6.33. The fourth-order valence-corrected chi connectivity index (χ4v) is 3.96. The Morgan fingerprint density at radius 1 is 1.16 bits per heavy atom. The van der Waals surface area contributed by atoms with Crippen LogP contribution in [0.3, 0.4) is 0 Å².